The van der Waals surface area contributed by atoms with E-state index in [1.54, 1.807) is 6.92 Å². The fraction of sp³-hybridized carbons (Fsp3) is 0.850. The fourth-order valence-corrected chi connectivity index (χ4v) is 2.92. The molecule has 0 saturated heterocycles. The number of unbranched alkanes of at least 4 members (excludes halogenated alkanes) is 3. The third-order valence-electron chi connectivity index (χ3n) is 4.11. The molecule has 0 aromatic carbocycles. The van der Waals surface area contributed by atoms with Gasteiger partial charge in [0.05, 0.1) is 5.41 Å². The molecule has 29 heavy (non-hydrogen) atoms. The molecule has 0 unspecified atom stereocenters. The Bertz CT molecular complexity index is 409. The number of carbonyl (C=O) groups excluding carboxylic acids is 3. The molecular weight excluding hydrogens is 432 g/mol. The van der Waals surface area contributed by atoms with E-state index in [9.17, 15) is 14.4 Å². The van der Waals surface area contributed by atoms with Crippen LogP contribution in [-0.4, -0.2) is 55.0 Å². The summed E-state index contributed by atoms with van der Waals surface area (Å²) in [6.07, 6.45) is 5.56. The van der Waals surface area contributed by atoms with E-state index in [4.69, 9.17) is 14.2 Å². The van der Waals surface area contributed by atoms with Crippen LogP contribution in [0.2, 0.25) is 0 Å². The van der Waals surface area contributed by atoms with E-state index in [0.29, 0.717) is 38.5 Å². The summed E-state index contributed by atoms with van der Waals surface area (Å²) in [5.41, 5.74) is -0.794. The van der Waals surface area contributed by atoms with E-state index in [1.165, 1.54) is 0 Å². The summed E-state index contributed by atoms with van der Waals surface area (Å²) < 4.78 is 16.0. The molecule has 0 aliphatic heterocycles. The van der Waals surface area contributed by atoms with Crippen LogP contribution in [0.1, 0.15) is 64.7 Å². The van der Waals surface area contributed by atoms with Crippen LogP contribution in [0, 0.1) is 5.41 Å². The molecule has 9 heteroatoms. The maximum absolute atomic E-state index is 11.9. The van der Waals surface area contributed by atoms with Crippen molar-refractivity contribution in [3.05, 3.63) is 0 Å². The van der Waals surface area contributed by atoms with Gasteiger partial charge in [0.1, 0.15) is 19.8 Å². The Balaban J connectivity index is 4.60. The molecule has 0 aromatic rings. The second kappa shape index (κ2) is 18.2. The van der Waals surface area contributed by atoms with Crippen molar-refractivity contribution in [2.45, 2.75) is 64.7 Å². The van der Waals surface area contributed by atoms with E-state index in [0.717, 1.165) is 36.5 Å². The highest BCUT2D eigenvalue weighted by atomic mass is 32.1. The molecule has 0 heterocycles. The zero-order valence-corrected chi connectivity index (χ0v) is 20.1. The lowest BCUT2D eigenvalue weighted by molar-refractivity contribution is -0.160. The van der Waals surface area contributed by atoms with Crippen molar-refractivity contribution in [2.75, 3.05) is 37.1 Å². The molecule has 0 atom stereocenters. The monoisotopic (exact) mass is 468 g/mol. The third kappa shape index (κ3) is 16.9. The molecular formula is C20H36O6S3. The minimum Gasteiger partial charge on any atom is -0.465 e. The third-order valence-corrected chi connectivity index (χ3v) is 5.06. The van der Waals surface area contributed by atoms with Crippen molar-refractivity contribution in [1.82, 2.24) is 0 Å². The Labute approximate surface area is 191 Å². The normalized spacial score (nSPS) is 11.2. The largest absolute Gasteiger partial charge is 0.465 e. The van der Waals surface area contributed by atoms with Gasteiger partial charge in [-0.3, -0.25) is 14.4 Å². The van der Waals surface area contributed by atoms with Crippen LogP contribution in [0.4, 0.5) is 0 Å². The average molecular weight is 469 g/mol. The van der Waals surface area contributed by atoms with Crippen molar-refractivity contribution >= 4 is 55.8 Å². The Morgan fingerprint density at radius 3 is 1.10 bits per heavy atom. The van der Waals surface area contributed by atoms with Crippen LogP contribution < -0.4 is 0 Å². The molecule has 6 nitrogen and oxygen atoms in total. The van der Waals surface area contributed by atoms with Crippen LogP contribution >= 0.6 is 37.9 Å². The molecule has 0 amide bonds. The van der Waals surface area contributed by atoms with Gasteiger partial charge in [0.25, 0.3) is 0 Å². The van der Waals surface area contributed by atoms with Crippen LogP contribution in [0.25, 0.3) is 0 Å². The Hall–Kier alpha value is -0.540. The van der Waals surface area contributed by atoms with Gasteiger partial charge < -0.3 is 14.2 Å². The van der Waals surface area contributed by atoms with Gasteiger partial charge in [-0.1, -0.05) is 0 Å². The summed E-state index contributed by atoms with van der Waals surface area (Å²) in [5, 5.41) is 0. The van der Waals surface area contributed by atoms with Crippen molar-refractivity contribution < 1.29 is 28.6 Å². The highest BCUT2D eigenvalue weighted by molar-refractivity contribution is 7.80. The summed E-state index contributed by atoms with van der Waals surface area (Å²) in [6.45, 7) is 1.82. The van der Waals surface area contributed by atoms with Crippen molar-refractivity contribution in [3.8, 4) is 0 Å². The maximum Gasteiger partial charge on any atom is 0.305 e. The topological polar surface area (TPSA) is 78.9 Å². The average Bonchev–Trinajstić information content (AvgIpc) is 2.70. The highest BCUT2D eigenvalue weighted by Gasteiger charge is 2.30. The van der Waals surface area contributed by atoms with Gasteiger partial charge >= 0.3 is 17.9 Å². The Kier molecular flexibility index (Phi) is 17.9. The molecule has 0 spiro atoms. The van der Waals surface area contributed by atoms with Crippen LogP contribution in [-0.2, 0) is 28.6 Å². The van der Waals surface area contributed by atoms with Gasteiger partial charge in [-0.05, 0) is 62.7 Å². The molecule has 170 valence electrons. The number of rotatable bonds is 18. The summed E-state index contributed by atoms with van der Waals surface area (Å²) in [6, 6.07) is 0. The lowest BCUT2D eigenvalue weighted by Crippen LogP contribution is -2.37. The van der Waals surface area contributed by atoms with Gasteiger partial charge in [-0.25, -0.2) is 0 Å². The number of thiol groups is 3. The summed E-state index contributed by atoms with van der Waals surface area (Å²) in [5.74, 6) is 1.20. The van der Waals surface area contributed by atoms with Gasteiger partial charge in [0.2, 0.25) is 0 Å². The predicted octanol–water partition coefficient (Wildman–Crippen LogP) is 3.92. The SMILES string of the molecule is CC(COC(=O)CCCCS)(COC(=O)CCCCS)COC(=O)CCCCS. The first-order valence-corrected chi connectivity index (χ1v) is 12.1. The van der Waals surface area contributed by atoms with Gasteiger partial charge in [-0.15, -0.1) is 0 Å². The second-order valence-corrected chi connectivity index (χ2v) is 8.68. The second-order valence-electron chi connectivity index (χ2n) is 7.33. The molecule has 0 aliphatic carbocycles. The fourth-order valence-electron chi connectivity index (χ4n) is 2.25. The zero-order chi connectivity index (χ0) is 22.0. The molecule has 0 aromatic heterocycles. The van der Waals surface area contributed by atoms with Crippen molar-refractivity contribution in [3.63, 3.8) is 0 Å². The smallest absolute Gasteiger partial charge is 0.305 e. The van der Waals surface area contributed by atoms with E-state index in [1.807, 2.05) is 0 Å². The van der Waals surface area contributed by atoms with Gasteiger partial charge in [0, 0.05) is 19.3 Å². The van der Waals surface area contributed by atoms with Crippen molar-refractivity contribution in [1.29, 1.82) is 0 Å². The quantitative estimate of drug-likeness (QED) is 0.122. The van der Waals surface area contributed by atoms with Crippen LogP contribution in [0.15, 0.2) is 0 Å². The standard InChI is InChI=1S/C20H36O6S3/c1-20(14-24-17(21)8-2-5-11-27,15-25-18(22)9-3-6-12-28)16-26-19(23)10-4-7-13-29/h27-29H,2-16H2,1H3. The molecule has 0 bridgehead atoms. The molecule has 0 radical (unpaired) electrons. The van der Waals surface area contributed by atoms with Crippen LogP contribution in [0.5, 0.6) is 0 Å². The lowest BCUT2D eigenvalue weighted by atomic mass is 9.94. The number of hydrogen-bond acceptors (Lipinski definition) is 9. The van der Waals surface area contributed by atoms with Crippen molar-refractivity contribution in [2.24, 2.45) is 5.41 Å². The summed E-state index contributed by atoms with van der Waals surface area (Å²) in [7, 11) is 0. The first-order chi connectivity index (χ1) is 13.9. The van der Waals surface area contributed by atoms with E-state index >= 15 is 0 Å². The highest BCUT2D eigenvalue weighted by Crippen LogP contribution is 2.20. The number of ether oxygens (including phenoxy) is 3. The number of hydrogen-bond donors (Lipinski definition) is 3. The molecule has 0 aliphatic rings. The van der Waals surface area contributed by atoms with Crippen LogP contribution in [0.3, 0.4) is 0 Å². The molecule has 0 fully saturated rings. The Morgan fingerprint density at radius 1 is 0.586 bits per heavy atom. The summed E-state index contributed by atoms with van der Waals surface area (Å²) >= 11 is 12.4. The van der Waals surface area contributed by atoms with Gasteiger partial charge in [-0.2, -0.15) is 37.9 Å². The molecule has 0 rings (SSSR count). The van der Waals surface area contributed by atoms with E-state index in [2.05, 4.69) is 37.9 Å². The minimum atomic E-state index is -0.794. The summed E-state index contributed by atoms with van der Waals surface area (Å²) in [4.78, 5) is 35.7. The number of carbonyl (C=O) groups is 3. The minimum absolute atomic E-state index is 0.0144. The predicted molar refractivity (Wildman–Crippen MR) is 124 cm³/mol. The molecule has 0 saturated carbocycles. The molecule has 0 N–H and O–H groups in total. The maximum atomic E-state index is 11.9. The first-order valence-electron chi connectivity index (χ1n) is 10.2. The number of esters is 3. The van der Waals surface area contributed by atoms with E-state index in [-0.39, 0.29) is 37.7 Å². The van der Waals surface area contributed by atoms with Gasteiger partial charge in [0.15, 0.2) is 0 Å². The Morgan fingerprint density at radius 2 is 0.862 bits per heavy atom. The zero-order valence-electron chi connectivity index (χ0n) is 17.4. The van der Waals surface area contributed by atoms with E-state index < -0.39 is 5.41 Å². The first kappa shape index (κ1) is 28.5. The lowest BCUT2D eigenvalue weighted by Gasteiger charge is -2.28.